The molecule has 4 nitrogen and oxygen atoms in total. The van der Waals surface area contributed by atoms with Gasteiger partial charge in [-0.3, -0.25) is 0 Å². The minimum Gasteiger partial charge on any atom is -0.469 e. The molecular formula is C14H13N3O. The molecule has 4 heteroatoms. The molecule has 0 amide bonds. The van der Waals surface area contributed by atoms with Crippen molar-refractivity contribution in [3.63, 3.8) is 0 Å². The third-order valence-corrected chi connectivity index (χ3v) is 3.11. The van der Waals surface area contributed by atoms with Crippen LogP contribution in [0.5, 0.6) is 0 Å². The second-order valence-electron chi connectivity index (χ2n) is 4.34. The van der Waals surface area contributed by atoms with Crippen LogP contribution in [0.4, 0.5) is 0 Å². The Hall–Kier alpha value is -2.46. The normalized spacial score (nSPS) is 19.3. The molecule has 0 aliphatic carbocycles. The summed E-state index contributed by atoms with van der Waals surface area (Å²) in [7, 11) is 0. The highest BCUT2D eigenvalue weighted by Gasteiger charge is 2.26. The van der Waals surface area contributed by atoms with Crippen molar-refractivity contribution in [1.82, 2.24) is 5.32 Å². The Morgan fingerprint density at radius 2 is 1.89 bits per heavy atom. The van der Waals surface area contributed by atoms with E-state index in [1.807, 2.05) is 26.8 Å². The zero-order chi connectivity index (χ0) is 13.3. The SMILES string of the molecule is CC1=C(C#N)[C@@H](C)C(C#N)=C(c2coc(C)c2)N1. The van der Waals surface area contributed by atoms with E-state index in [0.29, 0.717) is 11.1 Å². The van der Waals surface area contributed by atoms with Crippen molar-refractivity contribution in [3.8, 4) is 12.1 Å². The van der Waals surface area contributed by atoms with Gasteiger partial charge in [-0.1, -0.05) is 6.92 Å². The minimum absolute atomic E-state index is 0.188. The van der Waals surface area contributed by atoms with Crippen LogP contribution in [0, 0.1) is 35.5 Å². The van der Waals surface area contributed by atoms with Crippen molar-refractivity contribution in [2.75, 3.05) is 0 Å². The van der Waals surface area contributed by atoms with E-state index in [-0.39, 0.29) is 5.92 Å². The van der Waals surface area contributed by atoms with Crippen LogP contribution >= 0.6 is 0 Å². The van der Waals surface area contributed by atoms with Crippen LogP contribution in [0.25, 0.3) is 5.70 Å². The Morgan fingerprint density at radius 1 is 1.22 bits per heavy atom. The maximum absolute atomic E-state index is 9.29. The van der Waals surface area contributed by atoms with Crippen molar-refractivity contribution < 1.29 is 4.42 Å². The van der Waals surface area contributed by atoms with Crippen LogP contribution in [0.15, 0.2) is 33.6 Å². The molecule has 18 heavy (non-hydrogen) atoms. The molecule has 0 radical (unpaired) electrons. The molecule has 1 N–H and O–H groups in total. The number of furan rings is 1. The molecule has 0 bridgehead atoms. The monoisotopic (exact) mass is 239 g/mol. The van der Waals surface area contributed by atoms with Crippen LogP contribution in [0.1, 0.15) is 25.2 Å². The fourth-order valence-corrected chi connectivity index (χ4v) is 2.14. The van der Waals surface area contributed by atoms with Crippen LogP contribution in [0.3, 0.4) is 0 Å². The van der Waals surface area contributed by atoms with Crippen LogP contribution in [-0.2, 0) is 0 Å². The Balaban J connectivity index is 2.54. The van der Waals surface area contributed by atoms with Gasteiger partial charge in [0.25, 0.3) is 0 Å². The first-order valence-electron chi connectivity index (χ1n) is 5.66. The van der Waals surface area contributed by atoms with Gasteiger partial charge in [-0.2, -0.15) is 10.5 Å². The van der Waals surface area contributed by atoms with Gasteiger partial charge in [0.1, 0.15) is 5.76 Å². The molecule has 1 aliphatic rings. The molecule has 1 aliphatic heterocycles. The zero-order valence-electron chi connectivity index (χ0n) is 10.5. The molecule has 0 saturated carbocycles. The quantitative estimate of drug-likeness (QED) is 0.817. The van der Waals surface area contributed by atoms with Gasteiger partial charge in [-0.15, -0.1) is 0 Å². The lowest BCUT2D eigenvalue weighted by Gasteiger charge is -2.24. The lowest BCUT2D eigenvalue weighted by molar-refractivity contribution is 0.533. The number of dihydropyridines is 1. The molecule has 90 valence electrons. The Bertz CT molecular complexity index is 635. The molecule has 0 unspecified atom stereocenters. The molecule has 1 atom stereocenters. The average Bonchev–Trinajstić information content (AvgIpc) is 2.75. The largest absolute Gasteiger partial charge is 0.469 e. The first-order chi connectivity index (χ1) is 8.58. The maximum Gasteiger partial charge on any atom is 0.101 e. The smallest absolute Gasteiger partial charge is 0.101 e. The summed E-state index contributed by atoms with van der Waals surface area (Å²) in [6.45, 7) is 5.57. The van der Waals surface area contributed by atoms with E-state index in [0.717, 1.165) is 22.7 Å². The topological polar surface area (TPSA) is 72.8 Å². The predicted octanol–water partition coefficient (Wildman–Crippen LogP) is 2.86. The summed E-state index contributed by atoms with van der Waals surface area (Å²) in [5, 5.41) is 21.5. The molecule has 1 aromatic rings. The molecule has 0 saturated heterocycles. The van der Waals surface area contributed by atoms with Gasteiger partial charge in [-0.05, 0) is 19.9 Å². The van der Waals surface area contributed by atoms with E-state index < -0.39 is 0 Å². The number of nitrogens with zero attached hydrogens (tertiary/aromatic N) is 2. The van der Waals surface area contributed by atoms with E-state index in [1.165, 1.54) is 0 Å². The third kappa shape index (κ3) is 1.78. The summed E-state index contributed by atoms with van der Waals surface area (Å²) in [4.78, 5) is 0. The summed E-state index contributed by atoms with van der Waals surface area (Å²) in [5.41, 5.74) is 3.54. The van der Waals surface area contributed by atoms with Gasteiger partial charge in [-0.25, -0.2) is 0 Å². The Kier molecular flexibility index (Phi) is 2.95. The highest BCUT2D eigenvalue weighted by molar-refractivity contribution is 5.75. The number of nitriles is 2. The third-order valence-electron chi connectivity index (χ3n) is 3.11. The predicted molar refractivity (Wildman–Crippen MR) is 66.6 cm³/mol. The summed E-state index contributed by atoms with van der Waals surface area (Å²) in [5.74, 6) is 0.600. The number of rotatable bonds is 1. The van der Waals surface area contributed by atoms with Crippen molar-refractivity contribution in [3.05, 3.63) is 40.5 Å². The molecule has 0 fully saturated rings. The second-order valence-corrected chi connectivity index (χ2v) is 4.34. The lowest BCUT2D eigenvalue weighted by atomic mass is 9.87. The standard InChI is InChI=1S/C14H13N3O/c1-8-4-11(7-18-8)14-13(6-16)9(2)12(5-15)10(3)17-14/h4,7,9,17H,1-3H3/t9-/m1/s1. The summed E-state index contributed by atoms with van der Waals surface area (Å²) in [6.07, 6.45) is 1.62. The highest BCUT2D eigenvalue weighted by Crippen LogP contribution is 2.33. The fourth-order valence-electron chi connectivity index (χ4n) is 2.14. The Morgan fingerprint density at radius 3 is 2.39 bits per heavy atom. The van der Waals surface area contributed by atoms with E-state index in [9.17, 15) is 5.26 Å². The van der Waals surface area contributed by atoms with Gasteiger partial charge < -0.3 is 9.73 Å². The van der Waals surface area contributed by atoms with Crippen molar-refractivity contribution in [2.45, 2.75) is 20.8 Å². The van der Waals surface area contributed by atoms with E-state index in [4.69, 9.17) is 9.68 Å². The fraction of sp³-hybridized carbons (Fsp3) is 0.286. The van der Waals surface area contributed by atoms with E-state index in [2.05, 4.69) is 17.5 Å². The van der Waals surface area contributed by atoms with Gasteiger partial charge in [0, 0.05) is 17.2 Å². The number of allylic oxidation sites excluding steroid dienone is 3. The molecule has 0 spiro atoms. The zero-order valence-corrected chi connectivity index (χ0v) is 10.5. The number of hydrogen-bond acceptors (Lipinski definition) is 4. The number of hydrogen-bond donors (Lipinski definition) is 1. The summed E-state index contributed by atoms with van der Waals surface area (Å²) >= 11 is 0. The first-order valence-corrected chi connectivity index (χ1v) is 5.66. The van der Waals surface area contributed by atoms with Crippen LogP contribution in [0.2, 0.25) is 0 Å². The second kappa shape index (κ2) is 4.43. The Labute approximate surface area is 106 Å². The van der Waals surface area contributed by atoms with Crippen molar-refractivity contribution >= 4 is 5.70 Å². The van der Waals surface area contributed by atoms with Gasteiger partial charge in [0.15, 0.2) is 0 Å². The minimum atomic E-state index is -0.188. The first kappa shape index (κ1) is 12.0. The highest BCUT2D eigenvalue weighted by atomic mass is 16.3. The average molecular weight is 239 g/mol. The summed E-state index contributed by atoms with van der Waals surface area (Å²) < 4.78 is 5.27. The number of aryl methyl sites for hydroxylation is 1. The van der Waals surface area contributed by atoms with E-state index in [1.54, 1.807) is 6.26 Å². The number of nitrogens with one attached hydrogen (secondary N) is 1. The molecule has 1 aromatic heterocycles. The van der Waals surface area contributed by atoms with Crippen molar-refractivity contribution in [1.29, 1.82) is 10.5 Å². The van der Waals surface area contributed by atoms with Crippen molar-refractivity contribution in [2.24, 2.45) is 5.92 Å². The molecule has 0 aromatic carbocycles. The maximum atomic E-state index is 9.29. The van der Waals surface area contributed by atoms with Crippen LogP contribution in [-0.4, -0.2) is 0 Å². The molecule has 2 rings (SSSR count). The van der Waals surface area contributed by atoms with Gasteiger partial charge in [0.05, 0.1) is 35.2 Å². The van der Waals surface area contributed by atoms with Crippen LogP contribution < -0.4 is 5.32 Å². The van der Waals surface area contributed by atoms with E-state index >= 15 is 0 Å². The van der Waals surface area contributed by atoms with Gasteiger partial charge in [0.2, 0.25) is 0 Å². The lowest BCUT2D eigenvalue weighted by Crippen LogP contribution is -2.23. The summed E-state index contributed by atoms with van der Waals surface area (Å²) in [6, 6.07) is 6.21. The van der Waals surface area contributed by atoms with Gasteiger partial charge >= 0.3 is 0 Å². The molecule has 2 heterocycles. The molecular weight excluding hydrogens is 226 g/mol.